The number of nitrogens with zero attached hydrogens (tertiary/aromatic N) is 4. The highest BCUT2D eigenvalue weighted by Gasteiger charge is 2.22. The minimum Gasteiger partial charge on any atom is -0.244 e. The van der Waals surface area contributed by atoms with Crippen molar-refractivity contribution in [3.05, 3.63) is 95.9 Å². The monoisotopic (exact) mass is 356 g/mol. The Morgan fingerprint density at radius 1 is 0.963 bits per heavy atom. The van der Waals surface area contributed by atoms with Crippen molar-refractivity contribution < 1.29 is 4.79 Å². The second-order valence-electron chi connectivity index (χ2n) is 6.30. The van der Waals surface area contributed by atoms with Gasteiger partial charge in [0.1, 0.15) is 0 Å². The van der Waals surface area contributed by atoms with Crippen LogP contribution in [0.15, 0.2) is 79.1 Å². The Bertz CT molecular complexity index is 1030. The fourth-order valence-electron chi connectivity index (χ4n) is 3.30. The smallest absolute Gasteiger partial charge is 0.244 e. The maximum absolute atomic E-state index is 12.9. The second kappa shape index (κ2) is 7.41. The Kier molecular flexibility index (Phi) is 4.66. The van der Waals surface area contributed by atoms with Gasteiger partial charge in [-0.15, -0.1) is 0 Å². The largest absolute Gasteiger partial charge is 0.369 e. The number of hydrogen-bond donors (Lipinski definition) is 0. The summed E-state index contributed by atoms with van der Waals surface area (Å²) in [7, 11) is 0. The summed E-state index contributed by atoms with van der Waals surface area (Å²) >= 11 is 0. The number of carbonyl (C=O) groups excluding carboxylic acids is 1. The van der Waals surface area contributed by atoms with E-state index in [9.17, 15) is 4.79 Å². The lowest BCUT2D eigenvalue weighted by atomic mass is 9.98. The minimum absolute atomic E-state index is 0.270. The van der Waals surface area contributed by atoms with E-state index in [1.54, 1.807) is 18.5 Å². The van der Waals surface area contributed by atoms with Gasteiger partial charge in [0, 0.05) is 29.9 Å². The van der Waals surface area contributed by atoms with E-state index in [0.717, 1.165) is 28.9 Å². The van der Waals surface area contributed by atoms with Gasteiger partial charge in [-0.2, -0.15) is 19.6 Å². The van der Waals surface area contributed by atoms with E-state index in [4.69, 9.17) is 5.10 Å². The molecule has 0 spiro atoms. The molecule has 0 saturated heterocycles. The molecule has 0 fully saturated rings. The molecule has 0 saturated carbocycles. The lowest BCUT2D eigenvalue weighted by molar-refractivity contribution is 0.237. The number of hydrogen-bond acceptors (Lipinski definition) is 3. The normalized spacial score (nSPS) is 10.9. The lowest BCUT2D eigenvalue weighted by Gasteiger charge is -2.07. The van der Waals surface area contributed by atoms with Crippen LogP contribution in [0.5, 0.6) is 0 Å². The van der Waals surface area contributed by atoms with Crippen molar-refractivity contribution in [1.29, 1.82) is 0 Å². The molecule has 2 aromatic carbocycles. The first-order valence-electron chi connectivity index (χ1n) is 9.02. The van der Waals surface area contributed by atoms with Crippen LogP contribution < -0.4 is 0 Å². The van der Waals surface area contributed by atoms with Crippen molar-refractivity contribution in [3.63, 3.8) is 0 Å². The van der Waals surface area contributed by atoms with Crippen LogP contribution in [0.25, 0.3) is 11.3 Å². The Balaban J connectivity index is 1.87. The maximum atomic E-state index is 12.9. The average Bonchev–Trinajstić information content (AvgIpc) is 3.37. The van der Waals surface area contributed by atoms with Gasteiger partial charge in [0.2, 0.25) is 0 Å². The summed E-state index contributed by atoms with van der Waals surface area (Å²) in [6.45, 7) is 2.05. The van der Waals surface area contributed by atoms with Gasteiger partial charge < -0.3 is 0 Å². The maximum Gasteiger partial charge on any atom is 0.369 e. The van der Waals surface area contributed by atoms with Crippen molar-refractivity contribution >= 4 is 6.03 Å². The van der Waals surface area contributed by atoms with Gasteiger partial charge in [-0.3, -0.25) is 0 Å². The molecule has 0 atom stereocenters. The summed E-state index contributed by atoms with van der Waals surface area (Å²) in [6.07, 6.45) is 4.66. The van der Waals surface area contributed by atoms with E-state index in [2.05, 4.69) is 17.2 Å². The lowest BCUT2D eigenvalue weighted by Crippen LogP contribution is -2.23. The highest BCUT2D eigenvalue weighted by Crippen LogP contribution is 2.28. The van der Waals surface area contributed by atoms with E-state index < -0.39 is 0 Å². The molecule has 5 heteroatoms. The topological polar surface area (TPSA) is 52.7 Å². The molecule has 134 valence electrons. The Labute approximate surface area is 157 Å². The quantitative estimate of drug-likeness (QED) is 0.544. The van der Waals surface area contributed by atoms with Crippen molar-refractivity contribution in [2.24, 2.45) is 0 Å². The Morgan fingerprint density at radius 3 is 2.30 bits per heavy atom. The Morgan fingerprint density at radius 2 is 1.67 bits per heavy atom. The average molecular weight is 356 g/mol. The molecule has 2 aromatic heterocycles. The molecular formula is C22H20N4O. The predicted molar refractivity (Wildman–Crippen MR) is 105 cm³/mol. The Hall–Kier alpha value is -3.47. The zero-order valence-corrected chi connectivity index (χ0v) is 15.1. The van der Waals surface area contributed by atoms with Crippen LogP contribution in [-0.2, 0) is 12.8 Å². The van der Waals surface area contributed by atoms with E-state index in [1.807, 2.05) is 55.5 Å². The molecule has 0 amide bonds. The number of aromatic nitrogens is 4. The standard InChI is InChI=1S/C22H20N4O/c1-2-20-19(16-17-10-5-3-6-11-17)21(18-12-7-4-8-13-18)24-26(20)22(27)25-15-9-14-23-25/h3-15H,2,16H2,1H3. The minimum atomic E-state index is -0.270. The van der Waals surface area contributed by atoms with Crippen LogP contribution >= 0.6 is 0 Å². The molecule has 0 radical (unpaired) electrons. The SMILES string of the molecule is CCc1c(Cc2ccccc2)c(-c2ccccc2)nn1C(=O)n1cccn1. The molecule has 0 unspecified atom stereocenters. The predicted octanol–water partition coefficient (Wildman–Crippen LogP) is 4.42. The highest BCUT2D eigenvalue weighted by atomic mass is 16.2. The summed E-state index contributed by atoms with van der Waals surface area (Å²) in [5.74, 6) is 0. The van der Waals surface area contributed by atoms with E-state index in [0.29, 0.717) is 6.42 Å². The van der Waals surface area contributed by atoms with Gasteiger partial charge in [-0.25, -0.2) is 4.79 Å². The molecule has 0 N–H and O–H groups in total. The third-order valence-corrected chi connectivity index (χ3v) is 4.58. The second-order valence-corrected chi connectivity index (χ2v) is 6.30. The molecule has 0 aliphatic rings. The van der Waals surface area contributed by atoms with Crippen molar-refractivity contribution in [2.75, 3.05) is 0 Å². The van der Waals surface area contributed by atoms with Crippen LogP contribution in [-0.4, -0.2) is 25.6 Å². The first-order valence-corrected chi connectivity index (χ1v) is 9.02. The summed E-state index contributed by atoms with van der Waals surface area (Å²) in [5.41, 5.74) is 5.03. The van der Waals surface area contributed by atoms with Crippen molar-refractivity contribution in [3.8, 4) is 11.3 Å². The molecule has 0 bridgehead atoms. The van der Waals surface area contributed by atoms with Crippen LogP contribution in [0.1, 0.15) is 23.7 Å². The van der Waals surface area contributed by atoms with E-state index >= 15 is 0 Å². The zero-order chi connectivity index (χ0) is 18.6. The van der Waals surface area contributed by atoms with Gasteiger partial charge in [-0.1, -0.05) is 67.6 Å². The van der Waals surface area contributed by atoms with E-state index in [-0.39, 0.29) is 6.03 Å². The third-order valence-electron chi connectivity index (χ3n) is 4.58. The van der Waals surface area contributed by atoms with Gasteiger partial charge in [0.15, 0.2) is 0 Å². The van der Waals surface area contributed by atoms with Crippen LogP contribution in [0.3, 0.4) is 0 Å². The first-order chi connectivity index (χ1) is 13.3. The van der Waals surface area contributed by atoms with Crippen LogP contribution in [0.4, 0.5) is 4.79 Å². The molecule has 0 aliphatic carbocycles. The van der Waals surface area contributed by atoms with Crippen molar-refractivity contribution in [2.45, 2.75) is 19.8 Å². The molecule has 4 aromatic rings. The van der Waals surface area contributed by atoms with Gasteiger partial charge in [-0.05, 0) is 18.1 Å². The highest BCUT2D eigenvalue weighted by molar-refractivity contribution is 5.80. The van der Waals surface area contributed by atoms with Crippen LogP contribution in [0, 0.1) is 0 Å². The fraction of sp³-hybridized carbons (Fsp3) is 0.136. The molecule has 5 nitrogen and oxygen atoms in total. The third kappa shape index (κ3) is 3.31. The number of benzene rings is 2. The zero-order valence-electron chi connectivity index (χ0n) is 15.1. The molecule has 27 heavy (non-hydrogen) atoms. The summed E-state index contributed by atoms with van der Waals surface area (Å²) in [5, 5.41) is 8.78. The van der Waals surface area contributed by atoms with Crippen LogP contribution in [0.2, 0.25) is 0 Å². The van der Waals surface area contributed by atoms with Gasteiger partial charge >= 0.3 is 6.03 Å². The fourth-order valence-corrected chi connectivity index (χ4v) is 3.30. The van der Waals surface area contributed by atoms with E-state index in [1.165, 1.54) is 14.9 Å². The van der Waals surface area contributed by atoms with Crippen molar-refractivity contribution in [1.82, 2.24) is 19.6 Å². The summed E-state index contributed by atoms with van der Waals surface area (Å²) in [6, 6.07) is 21.7. The summed E-state index contributed by atoms with van der Waals surface area (Å²) < 4.78 is 2.81. The number of rotatable bonds is 4. The number of carbonyl (C=O) groups is 1. The molecule has 0 aliphatic heterocycles. The first kappa shape index (κ1) is 17.0. The van der Waals surface area contributed by atoms with Gasteiger partial charge in [0.05, 0.1) is 11.4 Å². The molecular weight excluding hydrogens is 336 g/mol. The molecule has 4 rings (SSSR count). The summed E-state index contributed by atoms with van der Waals surface area (Å²) in [4.78, 5) is 12.9. The van der Waals surface area contributed by atoms with Gasteiger partial charge in [0.25, 0.3) is 0 Å². The molecule has 2 heterocycles.